The van der Waals surface area contributed by atoms with Gasteiger partial charge in [0.2, 0.25) is 5.91 Å². The van der Waals surface area contributed by atoms with Crippen molar-refractivity contribution in [1.29, 1.82) is 0 Å². The summed E-state index contributed by atoms with van der Waals surface area (Å²) >= 11 is 1.31. The fourth-order valence-corrected chi connectivity index (χ4v) is 3.34. The van der Waals surface area contributed by atoms with Crippen LogP contribution in [-0.2, 0) is 14.3 Å². The van der Waals surface area contributed by atoms with E-state index >= 15 is 0 Å². The van der Waals surface area contributed by atoms with Crippen LogP contribution in [0.4, 0.5) is 5.13 Å². The number of carbonyl (C=O) groups excluding carboxylic acids is 2. The number of hydrogen-bond donors (Lipinski definition) is 2. The van der Waals surface area contributed by atoms with Gasteiger partial charge < -0.3 is 15.2 Å². The minimum absolute atomic E-state index is 0.118. The van der Waals surface area contributed by atoms with E-state index in [1.165, 1.54) is 11.3 Å². The van der Waals surface area contributed by atoms with Crippen molar-refractivity contribution in [3.05, 3.63) is 23.8 Å². The number of carboxylic acid groups (broad SMARTS) is 1. The second kappa shape index (κ2) is 9.86. The molecule has 1 amide bonds. The summed E-state index contributed by atoms with van der Waals surface area (Å²) in [4.78, 5) is 38.5. The number of thiazole rings is 1. The summed E-state index contributed by atoms with van der Waals surface area (Å²) in [6.07, 6.45) is 3.52. The van der Waals surface area contributed by atoms with Gasteiger partial charge in [-0.3, -0.25) is 9.59 Å². The fraction of sp³-hybridized carbons (Fsp3) is 0.444. The van der Waals surface area contributed by atoms with Crippen LogP contribution in [0.2, 0.25) is 0 Å². The molecular formula is C18H22N2O5S. The molecule has 0 atom stereocenters. The van der Waals surface area contributed by atoms with Crippen molar-refractivity contribution < 1.29 is 24.2 Å². The lowest BCUT2D eigenvalue weighted by atomic mass is 10.1. The molecule has 0 bridgehead atoms. The molecule has 0 aliphatic heterocycles. The van der Waals surface area contributed by atoms with Crippen molar-refractivity contribution in [3.63, 3.8) is 0 Å². The maximum atomic E-state index is 12.0. The Morgan fingerprint density at radius 3 is 2.58 bits per heavy atom. The van der Waals surface area contributed by atoms with E-state index in [1.54, 1.807) is 25.1 Å². The first-order chi connectivity index (χ1) is 12.5. The number of nitrogens with zero attached hydrogens (tertiary/aromatic N) is 1. The number of anilines is 1. The molecule has 26 heavy (non-hydrogen) atoms. The van der Waals surface area contributed by atoms with Crippen LogP contribution in [-0.4, -0.2) is 34.5 Å². The average molecular weight is 378 g/mol. The van der Waals surface area contributed by atoms with Gasteiger partial charge in [-0.25, -0.2) is 9.78 Å². The highest BCUT2D eigenvalue weighted by molar-refractivity contribution is 7.22. The van der Waals surface area contributed by atoms with Crippen LogP contribution < -0.4 is 5.32 Å². The number of hydrogen-bond acceptors (Lipinski definition) is 6. The van der Waals surface area contributed by atoms with Gasteiger partial charge in [-0.15, -0.1) is 0 Å². The predicted molar refractivity (Wildman–Crippen MR) is 99.5 cm³/mol. The summed E-state index contributed by atoms with van der Waals surface area (Å²) in [6.45, 7) is 2.07. The molecule has 1 heterocycles. The third-order valence-corrected chi connectivity index (χ3v) is 4.62. The first-order valence-corrected chi connectivity index (χ1v) is 9.40. The number of unbranched alkanes of at least 4 members (excludes halogenated alkanes) is 3. The Bertz CT molecular complexity index is 787. The van der Waals surface area contributed by atoms with Crippen LogP contribution in [0.25, 0.3) is 10.2 Å². The Hall–Kier alpha value is -2.48. The number of amides is 1. The lowest BCUT2D eigenvalue weighted by Crippen LogP contribution is -2.10. The first-order valence-electron chi connectivity index (χ1n) is 8.59. The molecule has 0 fully saturated rings. The van der Waals surface area contributed by atoms with E-state index in [0.29, 0.717) is 42.1 Å². The molecule has 1 aromatic carbocycles. The van der Waals surface area contributed by atoms with E-state index in [0.717, 1.165) is 17.5 Å². The zero-order valence-electron chi connectivity index (χ0n) is 14.6. The van der Waals surface area contributed by atoms with Crippen LogP contribution in [0.5, 0.6) is 0 Å². The van der Waals surface area contributed by atoms with Crippen LogP contribution in [0, 0.1) is 0 Å². The number of aliphatic carboxylic acids is 1. The predicted octanol–water partition coefficient (Wildman–Crippen LogP) is 3.84. The standard InChI is InChI=1S/C18H22N2O5S/c1-2-25-17(24)12-9-10-13-14(11-12)26-18(19-13)20-15(21)7-5-3-4-6-8-16(22)23/h9-11H,2-8H2,1H3,(H,22,23)(H,19,20,21). The van der Waals surface area contributed by atoms with Crippen molar-refractivity contribution in [1.82, 2.24) is 4.98 Å². The van der Waals surface area contributed by atoms with Gasteiger partial charge in [0.05, 0.1) is 22.4 Å². The van der Waals surface area contributed by atoms with E-state index in [1.807, 2.05) is 0 Å². The molecule has 2 N–H and O–H groups in total. The largest absolute Gasteiger partial charge is 0.481 e. The highest BCUT2D eigenvalue weighted by Gasteiger charge is 2.11. The quantitative estimate of drug-likeness (QED) is 0.481. The number of carboxylic acids is 1. The van der Waals surface area contributed by atoms with Crippen molar-refractivity contribution in [2.24, 2.45) is 0 Å². The van der Waals surface area contributed by atoms with Gasteiger partial charge in [0, 0.05) is 12.8 Å². The van der Waals surface area contributed by atoms with Crippen molar-refractivity contribution in [2.45, 2.75) is 45.4 Å². The number of rotatable bonds is 10. The molecule has 8 heteroatoms. The second-order valence-electron chi connectivity index (χ2n) is 5.78. The topological polar surface area (TPSA) is 106 Å². The maximum absolute atomic E-state index is 12.0. The second-order valence-corrected chi connectivity index (χ2v) is 6.81. The molecule has 0 saturated carbocycles. The number of fused-ring (bicyclic) bond motifs is 1. The lowest BCUT2D eigenvalue weighted by molar-refractivity contribution is -0.137. The molecule has 140 valence electrons. The summed E-state index contributed by atoms with van der Waals surface area (Å²) in [5.41, 5.74) is 1.18. The Balaban J connectivity index is 1.83. The zero-order chi connectivity index (χ0) is 18.9. The fourth-order valence-electron chi connectivity index (χ4n) is 2.42. The van der Waals surface area contributed by atoms with Gasteiger partial charge >= 0.3 is 11.9 Å². The average Bonchev–Trinajstić information content (AvgIpc) is 2.99. The third-order valence-electron chi connectivity index (χ3n) is 3.69. The molecule has 2 rings (SSSR count). The Morgan fingerprint density at radius 2 is 1.88 bits per heavy atom. The van der Waals surface area contributed by atoms with E-state index in [4.69, 9.17) is 9.84 Å². The van der Waals surface area contributed by atoms with E-state index < -0.39 is 5.97 Å². The van der Waals surface area contributed by atoms with E-state index in [2.05, 4.69) is 10.3 Å². The Morgan fingerprint density at radius 1 is 1.15 bits per heavy atom. The summed E-state index contributed by atoms with van der Waals surface area (Å²) < 4.78 is 5.78. The highest BCUT2D eigenvalue weighted by Crippen LogP contribution is 2.27. The maximum Gasteiger partial charge on any atom is 0.338 e. The minimum atomic E-state index is -0.787. The Labute approximate surface area is 155 Å². The minimum Gasteiger partial charge on any atom is -0.481 e. The first kappa shape index (κ1) is 19.8. The van der Waals surface area contributed by atoms with Gasteiger partial charge in [0.25, 0.3) is 0 Å². The van der Waals surface area contributed by atoms with Crippen molar-refractivity contribution in [3.8, 4) is 0 Å². The number of aromatic nitrogens is 1. The lowest BCUT2D eigenvalue weighted by Gasteiger charge is -2.01. The number of esters is 1. The van der Waals surface area contributed by atoms with Gasteiger partial charge in [-0.05, 0) is 38.0 Å². The third kappa shape index (κ3) is 6.11. The number of ether oxygens (including phenoxy) is 1. The smallest absolute Gasteiger partial charge is 0.338 e. The molecule has 0 saturated heterocycles. The van der Waals surface area contributed by atoms with Gasteiger partial charge in [-0.2, -0.15) is 0 Å². The van der Waals surface area contributed by atoms with Crippen LogP contribution in [0.15, 0.2) is 18.2 Å². The Kier molecular flexibility index (Phi) is 7.53. The van der Waals surface area contributed by atoms with Gasteiger partial charge in [-0.1, -0.05) is 24.2 Å². The zero-order valence-corrected chi connectivity index (χ0v) is 15.4. The number of benzene rings is 1. The molecule has 7 nitrogen and oxygen atoms in total. The molecule has 1 aromatic heterocycles. The van der Waals surface area contributed by atoms with Gasteiger partial charge in [0.1, 0.15) is 0 Å². The normalized spacial score (nSPS) is 10.7. The van der Waals surface area contributed by atoms with Crippen LogP contribution >= 0.6 is 11.3 Å². The number of nitrogens with one attached hydrogen (secondary N) is 1. The van der Waals surface area contributed by atoms with E-state index in [9.17, 15) is 14.4 Å². The highest BCUT2D eigenvalue weighted by atomic mass is 32.1. The van der Waals surface area contributed by atoms with Crippen molar-refractivity contribution in [2.75, 3.05) is 11.9 Å². The van der Waals surface area contributed by atoms with Crippen LogP contribution in [0.1, 0.15) is 55.8 Å². The summed E-state index contributed by atoms with van der Waals surface area (Å²) in [6, 6.07) is 5.10. The van der Waals surface area contributed by atoms with Gasteiger partial charge in [0.15, 0.2) is 5.13 Å². The molecule has 0 spiro atoms. The molecule has 0 radical (unpaired) electrons. The monoisotopic (exact) mass is 378 g/mol. The van der Waals surface area contributed by atoms with E-state index in [-0.39, 0.29) is 18.3 Å². The summed E-state index contributed by atoms with van der Waals surface area (Å²) in [5.74, 6) is -1.28. The molecule has 0 aliphatic carbocycles. The SMILES string of the molecule is CCOC(=O)c1ccc2nc(NC(=O)CCCCCCC(=O)O)sc2c1. The molecular weight excluding hydrogens is 356 g/mol. The number of carbonyl (C=O) groups is 3. The molecule has 0 aliphatic rings. The molecule has 0 unspecified atom stereocenters. The summed E-state index contributed by atoms with van der Waals surface area (Å²) in [7, 11) is 0. The van der Waals surface area contributed by atoms with Crippen LogP contribution in [0.3, 0.4) is 0 Å². The van der Waals surface area contributed by atoms with Crippen molar-refractivity contribution >= 4 is 44.5 Å². The summed E-state index contributed by atoms with van der Waals surface area (Å²) in [5, 5.41) is 11.8. The molecule has 2 aromatic rings.